The lowest BCUT2D eigenvalue weighted by atomic mass is 10.1. The van der Waals surface area contributed by atoms with Crippen LogP contribution in [0.5, 0.6) is 5.75 Å². The van der Waals surface area contributed by atoms with Crippen LogP contribution >= 0.6 is 0 Å². The number of carbonyl (C=O) groups excluding carboxylic acids is 2. The van der Waals surface area contributed by atoms with Gasteiger partial charge in [-0.2, -0.15) is 0 Å². The molecule has 0 aliphatic heterocycles. The molecule has 0 aromatic heterocycles. The fraction of sp³-hybridized carbons (Fsp3) is 0.355. The third kappa shape index (κ3) is 7.85. The van der Waals surface area contributed by atoms with Crippen LogP contribution in [-0.4, -0.2) is 57.9 Å². The molecular weight excluding hydrogens is 526 g/mol. The number of aryl methyl sites for hydroxylation is 1. The number of sulfonamides is 1. The Hall–Kier alpha value is -3.85. The summed E-state index contributed by atoms with van der Waals surface area (Å²) in [5.74, 6) is -0.236. The maximum atomic E-state index is 14.0. The van der Waals surface area contributed by atoms with Crippen LogP contribution in [0.25, 0.3) is 0 Å². The van der Waals surface area contributed by atoms with Crippen molar-refractivity contribution < 1.29 is 22.7 Å². The molecule has 0 heterocycles. The molecule has 0 bridgehead atoms. The zero-order chi connectivity index (χ0) is 29.3. The van der Waals surface area contributed by atoms with Gasteiger partial charge in [-0.15, -0.1) is 0 Å². The van der Waals surface area contributed by atoms with Gasteiger partial charge in [0.05, 0.1) is 17.7 Å². The van der Waals surface area contributed by atoms with Crippen molar-refractivity contribution in [3.05, 3.63) is 90.0 Å². The minimum absolute atomic E-state index is 0.0513. The highest BCUT2D eigenvalue weighted by atomic mass is 32.2. The second-order valence-electron chi connectivity index (χ2n) is 10.1. The molecule has 3 aromatic carbocycles. The van der Waals surface area contributed by atoms with E-state index in [9.17, 15) is 18.0 Å². The molecule has 9 heteroatoms. The molecule has 3 aromatic rings. The van der Waals surface area contributed by atoms with Crippen molar-refractivity contribution in [2.24, 2.45) is 5.92 Å². The number of amides is 2. The summed E-state index contributed by atoms with van der Waals surface area (Å²) in [6, 6.07) is 22.0. The monoisotopic (exact) mass is 565 g/mol. The van der Waals surface area contributed by atoms with Crippen molar-refractivity contribution in [1.82, 2.24) is 10.2 Å². The Morgan fingerprint density at radius 1 is 0.900 bits per heavy atom. The van der Waals surface area contributed by atoms with Gasteiger partial charge in [-0.3, -0.25) is 13.9 Å². The predicted molar refractivity (Wildman–Crippen MR) is 158 cm³/mol. The first-order valence-electron chi connectivity index (χ1n) is 13.4. The van der Waals surface area contributed by atoms with Gasteiger partial charge in [-0.1, -0.05) is 74.0 Å². The summed E-state index contributed by atoms with van der Waals surface area (Å²) in [7, 11) is -2.71. The Kier molecular flexibility index (Phi) is 10.7. The molecule has 2 amide bonds. The minimum Gasteiger partial charge on any atom is -0.495 e. The van der Waals surface area contributed by atoms with E-state index in [0.29, 0.717) is 18.7 Å². The molecular formula is C31H39N3O5S. The van der Waals surface area contributed by atoms with Gasteiger partial charge in [0.25, 0.3) is 10.0 Å². The number of methoxy groups -OCH3 is 1. The molecule has 1 N–H and O–H groups in total. The van der Waals surface area contributed by atoms with Crippen molar-refractivity contribution in [2.75, 3.05) is 31.0 Å². The molecule has 214 valence electrons. The molecule has 0 fully saturated rings. The summed E-state index contributed by atoms with van der Waals surface area (Å²) >= 11 is 0. The van der Waals surface area contributed by atoms with Crippen molar-refractivity contribution in [2.45, 2.75) is 45.1 Å². The summed E-state index contributed by atoms with van der Waals surface area (Å²) in [6.07, 6.45) is 0.508. The first-order chi connectivity index (χ1) is 19.0. The maximum absolute atomic E-state index is 14.0. The van der Waals surface area contributed by atoms with E-state index >= 15 is 0 Å². The number of carbonyl (C=O) groups is 2. The zero-order valence-electron chi connectivity index (χ0n) is 23.8. The van der Waals surface area contributed by atoms with E-state index in [1.807, 2.05) is 51.1 Å². The standard InChI is InChI=1S/C31H39N3O5S/c1-23(2)21-32-31(36)25(4)33(20-19-26-11-7-6-8-12-26)30(35)22-34(28-13-9-10-14-29(28)39-5)40(37,38)27-17-15-24(3)16-18-27/h6-18,23,25H,19-22H2,1-5H3,(H,32,36)/t25-/m0/s1. The van der Waals surface area contributed by atoms with Crippen LogP contribution in [0, 0.1) is 12.8 Å². The van der Waals surface area contributed by atoms with Gasteiger partial charge in [0.2, 0.25) is 11.8 Å². The SMILES string of the molecule is COc1ccccc1N(CC(=O)N(CCc1ccccc1)[C@@H](C)C(=O)NCC(C)C)S(=O)(=O)c1ccc(C)cc1. The average Bonchev–Trinajstić information content (AvgIpc) is 2.95. The number of hydrogen-bond acceptors (Lipinski definition) is 5. The number of hydrogen-bond donors (Lipinski definition) is 1. The molecule has 8 nitrogen and oxygen atoms in total. The number of nitrogens with one attached hydrogen (secondary N) is 1. The quantitative estimate of drug-likeness (QED) is 0.331. The second kappa shape index (κ2) is 14.0. The van der Waals surface area contributed by atoms with E-state index in [1.165, 1.54) is 24.1 Å². The third-order valence-corrected chi connectivity index (χ3v) is 8.35. The van der Waals surface area contributed by atoms with Crippen molar-refractivity contribution in [3.8, 4) is 5.75 Å². The topological polar surface area (TPSA) is 96.0 Å². The van der Waals surface area contributed by atoms with Gasteiger partial charge in [-0.05, 0) is 56.0 Å². The predicted octanol–water partition coefficient (Wildman–Crippen LogP) is 4.43. The lowest BCUT2D eigenvalue weighted by molar-refractivity contribution is -0.138. The third-order valence-electron chi connectivity index (χ3n) is 6.58. The second-order valence-corrected chi connectivity index (χ2v) is 12.0. The van der Waals surface area contributed by atoms with Gasteiger partial charge in [0, 0.05) is 13.1 Å². The molecule has 0 radical (unpaired) electrons. The number of anilines is 1. The van der Waals surface area contributed by atoms with E-state index in [1.54, 1.807) is 43.3 Å². The van der Waals surface area contributed by atoms with E-state index in [-0.39, 0.29) is 29.0 Å². The molecule has 3 rings (SSSR count). The fourth-order valence-electron chi connectivity index (χ4n) is 4.21. The van der Waals surface area contributed by atoms with Gasteiger partial charge in [-0.25, -0.2) is 8.42 Å². The zero-order valence-corrected chi connectivity index (χ0v) is 24.6. The lowest BCUT2D eigenvalue weighted by Gasteiger charge is -2.32. The first-order valence-corrected chi connectivity index (χ1v) is 14.8. The average molecular weight is 566 g/mol. The van der Waals surface area contributed by atoms with Crippen LogP contribution < -0.4 is 14.4 Å². The molecule has 0 spiro atoms. The summed E-state index contributed by atoms with van der Waals surface area (Å²) < 4.78 is 34.4. The summed E-state index contributed by atoms with van der Waals surface area (Å²) in [6.45, 7) is 7.72. The van der Waals surface area contributed by atoms with Gasteiger partial charge >= 0.3 is 0 Å². The number of ether oxygens (including phenoxy) is 1. The molecule has 0 aliphatic rings. The number of nitrogens with zero attached hydrogens (tertiary/aromatic N) is 2. The summed E-state index contributed by atoms with van der Waals surface area (Å²) in [4.78, 5) is 28.5. The smallest absolute Gasteiger partial charge is 0.264 e. The number of benzene rings is 3. The highest BCUT2D eigenvalue weighted by molar-refractivity contribution is 7.92. The van der Waals surface area contributed by atoms with E-state index in [2.05, 4.69) is 5.32 Å². The largest absolute Gasteiger partial charge is 0.495 e. The highest BCUT2D eigenvalue weighted by Gasteiger charge is 2.33. The normalized spacial score (nSPS) is 12.1. The van der Waals surface area contributed by atoms with E-state index in [4.69, 9.17) is 4.74 Å². The van der Waals surface area contributed by atoms with Crippen LogP contribution in [0.2, 0.25) is 0 Å². The van der Waals surface area contributed by atoms with Crippen LogP contribution in [0.3, 0.4) is 0 Å². The number of rotatable bonds is 13. The Bertz CT molecular complexity index is 1380. The molecule has 0 unspecified atom stereocenters. The van der Waals surface area contributed by atoms with Crippen LogP contribution in [0.4, 0.5) is 5.69 Å². The Morgan fingerprint density at radius 3 is 2.15 bits per heavy atom. The lowest BCUT2D eigenvalue weighted by Crippen LogP contribution is -2.52. The first kappa shape index (κ1) is 30.7. The maximum Gasteiger partial charge on any atom is 0.264 e. The van der Waals surface area contributed by atoms with Crippen molar-refractivity contribution in [1.29, 1.82) is 0 Å². The van der Waals surface area contributed by atoms with Crippen LogP contribution in [0.15, 0.2) is 83.8 Å². The van der Waals surface area contributed by atoms with Crippen LogP contribution in [0.1, 0.15) is 31.9 Å². The van der Waals surface area contributed by atoms with E-state index in [0.717, 1.165) is 15.4 Å². The highest BCUT2D eigenvalue weighted by Crippen LogP contribution is 2.32. The summed E-state index contributed by atoms with van der Waals surface area (Å²) in [5.41, 5.74) is 2.15. The van der Waals surface area contributed by atoms with Crippen molar-refractivity contribution in [3.63, 3.8) is 0 Å². The molecule has 40 heavy (non-hydrogen) atoms. The minimum atomic E-state index is -4.16. The Labute approximate surface area is 238 Å². The summed E-state index contributed by atoms with van der Waals surface area (Å²) in [5, 5.41) is 2.90. The van der Waals surface area contributed by atoms with E-state index < -0.39 is 28.5 Å². The molecule has 0 aliphatic carbocycles. The Morgan fingerprint density at radius 2 is 1.52 bits per heavy atom. The molecule has 0 saturated carbocycles. The molecule has 1 atom stereocenters. The van der Waals surface area contributed by atoms with Crippen LogP contribution in [-0.2, 0) is 26.0 Å². The fourth-order valence-corrected chi connectivity index (χ4v) is 5.63. The van der Waals surface area contributed by atoms with Gasteiger partial charge in [0.15, 0.2) is 0 Å². The Balaban J connectivity index is 2.00. The van der Waals surface area contributed by atoms with Gasteiger partial charge < -0.3 is 15.0 Å². The number of para-hydroxylation sites is 2. The van der Waals surface area contributed by atoms with Gasteiger partial charge in [0.1, 0.15) is 18.3 Å². The molecule has 0 saturated heterocycles. The van der Waals surface area contributed by atoms with Crippen molar-refractivity contribution >= 4 is 27.5 Å².